The van der Waals surface area contributed by atoms with Gasteiger partial charge < -0.3 is 5.32 Å². The second-order valence-corrected chi connectivity index (χ2v) is 10.0. The maximum absolute atomic E-state index is 12.9. The molecule has 0 bridgehead atoms. The van der Waals surface area contributed by atoms with E-state index in [2.05, 4.69) is 12.2 Å². The Kier molecular flexibility index (Phi) is 9.22. The van der Waals surface area contributed by atoms with Gasteiger partial charge in [0.2, 0.25) is 10.0 Å². The monoisotopic (exact) mass is 444 g/mol. The van der Waals surface area contributed by atoms with E-state index in [1.54, 1.807) is 0 Å². The highest BCUT2D eigenvalue weighted by atomic mass is 32.2. The topological polar surface area (TPSA) is 106 Å². The van der Waals surface area contributed by atoms with Crippen molar-refractivity contribution in [2.45, 2.75) is 73.6 Å². The zero-order valence-electron chi connectivity index (χ0n) is 15.8. The van der Waals surface area contributed by atoms with Gasteiger partial charge in [0.15, 0.2) is 0 Å². The number of hydrogen-bond acceptors (Lipinski definition) is 5. The van der Waals surface area contributed by atoms with E-state index < -0.39 is 35.2 Å². The molecule has 0 aliphatic carbocycles. The van der Waals surface area contributed by atoms with Gasteiger partial charge in [0.05, 0.1) is 10.6 Å². The number of halogens is 3. The number of sulfone groups is 1. The van der Waals surface area contributed by atoms with Gasteiger partial charge in [-0.15, -0.1) is 0 Å². The van der Waals surface area contributed by atoms with E-state index in [0.29, 0.717) is 12.5 Å². The van der Waals surface area contributed by atoms with E-state index in [0.717, 1.165) is 44.2 Å². The highest BCUT2D eigenvalue weighted by Crippen LogP contribution is 2.35. The molecule has 0 spiro atoms. The van der Waals surface area contributed by atoms with Crippen molar-refractivity contribution in [3.05, 3.63) is 18.2 Å². The van der Waals surface area contributed by atoms with Crippen molar-refractivity contribution >= 4 is 25.5 Å². The molecule has 1 aromatic rings. The molecular formula is C17H27F3N2O4S2. The van der Waals surface area contributed by atoms with E-state index in [-0.39, 0.29) is 12.2 Å². The average molecular weight is 445 g/mol. The first kappa shape index (κ1) is 24.7. The van der Waals surface area contributed by atoms with E-state index in [4.69, 9.17) is 5.14 Å². The smallest absolute Gasteiger partial charge is 0.384 e. The normalized spacial score (nSPS) is 12.9. The summed E-state index contributed by atoms with van der Waals surface area (Å²) in [6.07, 6.45) is 8.27. The zero-order valence-corrected chi connectivity index (χ0v) is 17.4. The molecule has 0 heterocycles. The number of anilines is 1. The van der Waals surface area contributed by atoms with Crippen LogP contribution < -0.4 is 10.5 Å². The van der Waals surface area contributed by atoms with Gasteiger partial charge in [-0.05, 0) is 24.6 Å². The summed E-state index contributed by atoms with van der Waals surface area (Å²) in [7, 11) is -10.1. The first-order valence-electron chi connectivity index (χ1n) is 9.13. The number of sulfonamides is 1. The lowest BCUT2D eigenvalue weighted by Gasteiger charge is -2.15. The number of primary sulfonamides is 1. The van der Waals surface area contributed by atoms with Gasteiger partial charge in [0, 0.05) is 6.54 Å². The molecule has 0 fully saturated rings. The summed E-state index contributed by atoms with van der Waals surface area (Å²) in [6, 6.07) is 2.40. The SMILES string of the molecule is CCCCCCCCCCNc1ccc(S(N)(=O)=O)cc1S(=O)(=O)C(F)(F)F. The number of benzene rings is 1. The quantitative estimate of drug-likeness (QED) is 0.471. The van der Waals surface area contributed by atoms with Crippen molar-refractivity contribution in [2.75, 3.05) is 11.9 Å². The summed E-state index contributed by atoms with van der Waals surface area (Å²) in [5.41, 5.74) is -5.86. The largest absolute Gasteiger partial charge is 0.501 e. The lowest BCUT2D eigenvalue weighted by atomic mass is 10.1. The molecule has 0 unspecified atom stereocenters. The van der Waals surface area contributed by atoms with Crippen LogP contribution in [-0.2, 0) is 19.9 Å². The van der Waals surface area contributed by atoms with Crippen LogP contribution in [0, 0.1) is 0 Å². The lowest BCUT2D eigenvalue weighted by molar-refractivity contribution is -0.0435. The van der Waals surface area contributed by atoms with Gasteiger partial charge in [-0.3, -0.25) is 0 Å². The summed E-state index contributed by atoms with van der Waals surface area (Å²) in [5.74, 6) is 0. The van der Waals surface area contributed by atoms with Crippen LogP contribution in [-0.4, -0.2) is 28.9 Å². The van der Waals surface area contributed by atoms with Crippen LogP contribution in [0.1, 0.15) is 58.3 Å². The standard InChI is InChI=1S/C17H27F3N2O4S2/c1-2-3-4-5-6-7-8-9-12-22-15-11-10-14(28(21,25)26)13-16(15)27(23,24)17(18,19)20/h10-11,13,22H,2-9,12H2,1H3,(H2,21,25,26). The third-order valence-corrected chi connectivity index (χ3v) is 6.66. The molecule has 0 aromatic heterocycles. The first-order chi connectivity index (χ1) is 12.9. The summed E-state index contributed by atoms with van der Waals surface area (Å²) in [6.45, 7) is 2.40. The van der Waals surface area contributed by atoms with Crippen LogP contribution in [0.2, 0.25) is 0 Å². The molecule has 6 nitrogen and oxygen atoms in total. The molecule has 11 heteroatoms. The van der Waals surface area contributed by atoms with Gasteiger partial charge >= 0.3 is 5.51 Å². The number of alkyl halides is 3. The van der Waals surface area contributed by atoms with Crippen LogP contribution in [0.4, 0.5) is 18.9 Å². The van der Waals surface area contributed by atoms with Crippen LogP contribution in [0.5, 0.6) is 0 Å². The minimum Gasteiger partial charge on any atom is -0.384 e. The number of hydrogen-bond donors (Lipinski definition) is 2. The molecule has 28 heavy (non-hydrogen) atoms. The van der Waals surface area contributed by atoms with E-state index >= 15 is 0 Å². The van der Waals surface area contributed by atoms with Crippen LogP contribution in [0.3, 0.4) is 0 Å². The fourth-order valence-corrected chi connectivity index (χ4v) is 4.23. The maximum Gasteiger partial charge on any atom is 0.501 e. The lowest BCUT2D eigenvalue weighted by Crippen LogP contribution is -2.25. The molecule has 0 atom stereocenters. The van der Waals surface area contributed by atoms with Gasteiger partial charge in [0.1, 0.15) is 4.90 Å². The van der Waals surface area contributed by atoms with Crippen molar-refractivity contribution < 1.29 is 30.0 Å². The van der Waals surface area contributed by atoms with E-state index in [1.807, 2.05) is 0 Å². The molecule has 1 aromatic carbocycles. The Labute approximate surface area is 164 Å². The second-order valence-electron chi connectivity index (χ2n) is 6.55. The summed E-state index contributed by atoms with van der Waals surface area (Å²) in [5, 5.41) is 7.57. The first-order valence-corrected chi connectivity index (χ1v) is 12.2. The fraction of sp³-hybridized carbons (Fsp3) is 0.647. The second kappa shape index (κ2) is 10.4. The zero-order chi connectivity index (χ0) is 21.4. The summed E-state index contributed by atoms with van der Waals surface area (Å²) in [4.78, 5) is -1.85. The Bertz CT molecular complexity index is 838. The molecule has 0 radical (unpaired) electrons. The Morgan fingerprint density at radius 3 is 1.96 bits per heavy atom. The van der Waals surface area contributed by atoms with Crippen LogP contribution >= 0.6 is 0 Å². The number of unbranched alkanes of at least 4 members (excludes halogenated alkanes) is 7. The number of nitrogens with one attached hydrogen (secondary N) is 1. The highest BCUT2D eigenvalue weighted by Gasteiger charge is 2.48. The Morgan fingerprint density at radius 1 is 0.929 bits per heavy atom. The summed E-state index contributed by atoms with van der Waals surface area (Å²) >= 11 is 0. The molecule has 0 saturated carbocycles. The Morgan fingerprint density at radius 2 is 1.46 bits per heavy atom. The Balaban J connectivity index is 2.81. The molecule has 162 valence electrons. The Hall–Kier alpha value is -1.33. The van der Waals surface area contributed by atoms with Gasteiger partial charge in [-0.1, -0.05) is 51.9 Å². The van der Waals surface area contributed by atoms with Crippen LogP contribution in [0.15, 0.2) is 28.0 Å². The third-order valence-electron chi connectivity index (χ3n) is 4.22. The van der Waals surface area contributed by atoms with Gasteiger partial charge in [-0.25, -0.2) is 22.0 Å². The minimum atomic E-state index is -5.73. The van der Waals surface area contributed by atoms with Crippen molar-refractivity contribution in [3.8, 4) is 0 Å². The van der Waals surface area contributed by atoms with E-state index in [9.17, 15) is 30.0 Å². The highest BCUT2D eigenvalue weighted by molar-refractivity contribution is 7.92. The average Bonchev–Trinajstić information content (AvgIpc) is 2.58. The number of nitrogens with two attached hydrogens (primary N) is 1. The maximum atomic E-state index is 12.9. The molecule has 0 aliphatic rings. The molecule has 0 aliphatic heterocycles. The fourth-order valence-electron chi connectivity index (χ4n) is 2.65. The molecule has 0 saturated heterocycles. The van der Waals surface area contributed by atoms with Crippen molar-refractivity contribution in [2.24, 2.45) is 5.14 Å². The van der Waals surface area contributed by atoms with Crippen molar-refractivity contribution in [1.82, 2.24) is 0 Å². The predicted molar refractivity (Wildman–Crippen MR) is 102 cm³/mol. The summed E-state index contributed by atoms with van der Waals surface area (Å²) < 4.78 is 85.2. The molecular weight excluding hydrogens is 417 g/mol. The number of rotatable bonds is 12. The van der Waals surface area contributed by atoms with Gasteiger partial charge in [-0.2, -0.15) is 13.2 Å². The van der Waals surface area contributed by atoms with Crippen LogP contribution in [0.25, 0.3) is 0 Å². The minimum absolute atomic E-state index is 0.268. The molecule has 1 rings (SSSR count). The third kappa shape index (κ3) is 7.25. The molecule has 3 N–H and O–H groups in total. The van der Waals surface area contributed by atoms with Gasteiger partial charge in [0.25, 0.3) is 9.84 Å². The van der Waals surface area contributed by atoms with Crippen molar-refractivity contribution in [3.63, 3.8) is 0 Å². The van der Waals surface area contributed by atoms with Crippen molar-refractivity contribution in [1.29, 1.82) is 0 Å². The predicted octanol–water partition coefficient (Wildman–Crippen LogP) is 4.18. The molecule has 0 amide bonds. The van der Waals surface area contributed by atoms with E-state index in [1.165, 1.54) is 12.8 Å².